The Kier molecular flexibility index (Phi) is 5.22. The molecule has 2 heterocycles. The van der Waals surface area contributed by atoms with Gasteiger partial charge in [-0.05, 0) is 59.1 Å². The Labute approximate surface area is 147 Å². The van der Waals surface area contributed by atoms with Crippen LogP contribution in [0.5, 0.6) is 0 Å². The summed E-state index contributed by atoms with van der Waals surface area (Å²) in [7, 11) is 0. The second-order valence-corrected chi connectivity index (χ2v) is 6.33. The third-order valence-corrected chi connectivity index (χ3v) is 4.03. The number of halogens is 1. The molecule has 6 nitrogen and oxygen atoms in total. The Balaban J connectivity index is 1.60. The van der Waals surface area contributed by atoms with Gasteiger partial charge in [-0.15, -0.1) is 0 Å². The number of hydrogen-bond acceptors (Lipinski definition) is 4. The summed E-state index contributed by atoms with van der Waals surface area (Å²) in [6.07, 6.45) is 4.40. The van der Waals surface area contributed by atoms with Crippen LogP contribution in [-0.2, 0) is 9.53 Å². The fraction of sp³-hybridized carbons (Fsp3) is 0.235. The van der Waals surface area contributed by atoms with Crippen molar-refractivity contribution in [2.75, 3.05) is 17.2 Å². The van der Waals surface area contributed by atoms with Crippen LogP contribution in [0.1, 0.15) is 23.2 Å². The van der Waals surface area contributed by atoms with Gasteiger partial charge in [0.2, 0.25) is 0 Å². The number of carbonyl (C=O) groups is 2. The van der Waals surface area contributed by atoms with E-state index in [9.17, 15) is 9.59 Å². The second-order valence-electron chi connectivity index (χ2n) is 5.41. The zero-order valence-electron chi connectivity index (χ0n) is 12.8. The molecule has 1 unspecified atom stereocenters. The van der Waals surface area contributed by atoms with E-state index in [1.807, 2.05) is 0 Å². The van der Waals surface area contributed by atoms with Crippen LogP contribution in [0.2, 0.25) is 0 Å². The number of pyridine rings is 1. The maximum atomic E-state index is 12.1. The molecule has 2 amide bonds. The predicted octanol–water partition coefficient (Wildman–Crippen LogP) is 3.21. The number of benzene rings is 1. The number of amides is 2. The fourth-order valence-electron chi connectivity index (χ4n) is 2.38. The summed E-state index contributed by atoms with van der Waals surface area (Å²) in [4.78, 5) is 28.1. The van der Waals surface area contributed by atoms with Gasteiger partial charge in [0.25, 0.3) is 11.8 Å². The minimum Gasteiger partial charge on any atom is -0.368 e. The van der Waals surface area contributed by atoms with Crippen molar-refractivity contribution in [3.8, 4) is 0 Å². The lowest BCUT2D eigenvalue weighted by atomic mass is 10.2. The highest BCUT2D eigenvalue weighted by Gasteiger charge is 2.23. The normalized spacial score (nSPS) is 16.6. The number of aromatic nitrogens is 1. The van der Waals surface area contributed by atoms with Crippen molar-refractivity contribution in [3.05, 3.63) is 52.8 Å². The highest BCUT2D eigenvalue weighted by Crippen LogP contribution is 2.18. The van der Waals surface area contributed by atoms with E-state index in [1.165, 1.54) is 6.20 Å². The smallest absolute Gasteiger partial charge is 0.257 e. The van der Waals surface area contributed by atoms with Crippen LogP contribution in [0.4, 0.5) is 11.4 Å². The summed E-state index contributed by atoms with van der Waals surface area (Å²) in [5.41, 5.74) is 1.76. The van der Waals surface area contributed by atoms with E-state index in [1.54, 1.807) is 36.5 Å². The van der Waals surface area contributed by atoms with Crippen LogP contribution >= 0.6 is 15.9 Å². The van der Waals surface area contributed by atoms with Crippen LogP contribution in [0.15, 0.2) is 47.2 Å². The van der Waals surface area contributed by atoms with Gasteiger partial charge in [0.15, 0.2) is 0 Å². The first-order valence-electron chi connectivity index (χ1n) is 7.56. The molecule has 24 heavy (non-hydrogen) atoms. The van der Waals surface area contributed by atoms with Gasteiger partial charge < -0.3 is 15.4 Å². The lowest BCUT2D eigenvalue weighted by Crippen LogP contribution is -2.26. The fourth-order valence-corrected chi connectivity index (χ4v) is 2.75. The molecule has 0 radical (unpaired) electrons. The Hall–Kier alpha value is -2.25. The zero-order chi connectivity index (χ0) is 16.9. The maximum absolute atomic E-state index is 12.1. The summed E-state index contributed by atoms with van der Waals surface area (Å²) < 4.78 is 6.08. The molecule has 0 saturated carbocycles. The second kappa shape index (κ2) is 7.55. The van der Waals surface area contributed by atoms with Crippen LogP contribution in [-0.4, -0.2) is 29.5 Å². The molecule has 1 fully saturated rings. The predicted molar refractivity (Wildman–Crippen MR) is 93.9 cm³/mol. The molecule has 0 bridgehead atoms. The Morgan fingerprint density at radius 1 is 1.12 bits per heavy atom. The summed E-state index contributed by atoms with van der Waals surface area (Å²) in [5.74, 6) is -0.385. The first-order chi connectivity index (χ1) is 11.6. The molecule has 2 N–H and O–H groups in total. The van der Waals surface area contributed by atoms with Crippen molar-refractivity contribution >= 4 is 39.1 Å². The molecule has 0 spiro atoms. The van der Waals surface area contributed by atoms with Crippen LogP contribution < -0.4 is 10.6 Å². The highest BCUT2D eigenvalue weighted by atomic mass is 79.9. The lowest BCUT2D eigenvalue weighted by molar-refractivity contribution is -0.124. The Morgan fingerprint density at radius 3 is 2.46 bits per heavy atom. The number of hydrogen-bond donors (Lipinski definition) is 2. The van der Waals surface area contributed by atoms with Crippen LogP contribution in [0, 0.1) is 0 Å². The molecule has 1 aromatic carbocycles. The molecular formula is C17H16BrN3O3. The van der Waals surface area contributed by atoms with Gasteiger partial charge in [-0.25, -0.2) is 0 Å². The number of carbonyl (C=O) groups excluding carboxylic acids is 2. The van der Waals surface area contributed by atoms with E-state index in [0.29, 0.717) is 23.5 Å². The van der Waals surface area contributed by atoms with E-state index >= 15 is 0 Å². The standard InChI is InChI=1S/C17H16BrN3O3/c18-12-8-11(9-19-10-12)16(22)20-13-3-5-14(6-4-13)21-17(23)15-2-1-7-24-15/h3-6,8-10,15H,1-2,7H2,(H,20,22)(H,21,23). The largest absolute Gasteiger partial charge is 0.368 e. The average molecular weight is 390 g/mol. The van der Waals surface area contributed by atoms with Gasteiger partial charge in [-0.3, -0.25) is 14.6 Å². The van der Waals surface area contributed by atoms with E-state index in [4.69, 9.17) is 4.74 Å². The van der Waals surface area contributed by atoms with Gasteiger partial charge in [-0.2, -0.15) is 0 Å². The van der Waals surface area contributed by atoms with Gasteiger partial charge in [0.05, 0.1) is 5.56 Å². The topological polar surface area (TPSA) is 80.3 Å². The van der Waals surface area contributed by atoms with Crippen molar-refractivity contribution in [1.82, 2.24) is 4.98 Å². The monoisotopic (exact) mass is 389 g/mol. The third-order valence-electron chi connectivity index (χ3n) is 3.60. The number of nitrogens with zero attached hydrogens (tertiary/aromatic N) is 1. The molecule has 0 aliphatic carbocycles. The van der Waals surface area contributed by atoms with Crippen LogP contribution in [0.25, 0.3) is 0 Å². The molecular weight excluding hydrogens is 374 g/mol. The van der Waals surface area contributed by atoms with Gasteiger partial charge >= 0.3 is 0 Å². The first-order valence-corrected chi connectivity index (χ1v) is 8.35. The molecule has 1 saturated heterocycles. The van der Waals surface area contributed by atoms with Crippen LogP contribution in [0.3, 0.4) is 0 Å². The molecule has 7 heteroatoms. The quantitative estimate of drug-likeness (QED) is 0.840. The minimum atomic E-state index is -0.367. The van der Waals surface area contributed by atoms with Crippen molar-refractivity contribution in [2.45, 2.75) is 18.9 Å². The molecule has 1 aromatic heterocycles. The minimum absolute atomic E-state index is 0.135. The van der Waals surface area contributed by atoms with Crippen molar-refractivity contribution in [1.29, 1.82) is 0 Å². The number of ether oxygens (including phenoxy) is 1. The first kappa shape index (κ1) is 16.6. The maximum Gasteiger partial charge on any atom is 0.257 e. The van der Waals surface area contributed by atoms with E-state index in [2.05, 4.69) is 31.5 Å². The highest BCUT2D eigenvalue weighted by molar-refractivity contribution is 9.10. The molecule has 1 atom stereocenters. The Bertz CT molecular complexity index is 743. The van der Waals surface area contributed by atoms with E-state index < -0.39 is 0 Å². The molecule has 3 rings (SSSR count). The van der Waals surface area contributed by atoms with Crippen molar-refractivity contribution in [3.63, 3.8) is 0 Å². The van der Waals surface area contributed by atoms with Crippen molar-refractivity contribution in [2.24, 2.45) is 0 Å². The summed E-state index contributed by atoms with van der Waals surface area (Å²) in [5, 5.41) is 5.59. The SMILES string of the molecule is O=C(Nc1ccc(NC(=O)C2CCCO2)cc1)c1cncc(Br)c1. The Morgan fingerprint density at radius 2 is 1.83 bits per heavy atom. The lowest BCUT2D eigenvalue weighted by Gasteiger charge is -2.11. The number of nitrogens with one attached hydrogen (secondary N) is 2. The average Bonchev–Trinajstić information content (AvgIpc) is 3.11. The molecule has 2 aromatic rings. The van der Waals surface area contributed by atoms with Gasteiger partial charge in [0.1, 0.15) is 6.10 Å². The third kappa shape index (κ3) is 4.18. The molecule has 124 valence electrons. The van der Waals surface area contributed by atoms with Crippen molar-refractivity contribution < 1.29 is 14.3 Å². The molecule has 1 aliphatic heterocycles. The number of anilines is 2. The van der Waals surface area contributed by atoms with Gasteiger partial charge in [-0.1, -0.05) is 0 Å². The summed E-state index contributed by atoms with van der Waals surface area (Å²) >= 11 is 3.28. The molecule has 1 aliphatic rings. The summed E-state index contributed by atoms with van der Waals surface area (Å²) in [6, 6.07) is 8.63. The van der Waals surface area contributed by atoms with Gasteiger partial charge in [0, 0.05) is 34.8 Å². The van der Waals surface area contributed by atoms with E-state index in [-0.39, 0.29) is 17.9 Å². The summed E-state index contributed by atoms with van der Waals surface area (Å²) in [6.45, 7) is 0.632. The zero-order valence-corrected chi connectivity index (χ0v) is 14.4. The van der Waals surface area contributed by atoms with E-state index in [0.717, 1.165) is 17.3 Å². The number of rotatable bonds is 4.